The van der Waals surface area contributed by atoms with Gasteiger partial charge in [-0.3, -0.25) is 4.79 Å². The highest BCUT2D eigenvalue weighted by molar-refractivity contribution is 7.15. The molecule has 0 saturated carbocycles. The van der Waals surface area contributed by atoms with Crippen LogP contribution in [-0.2, 0) is 0 Å². The van der Waals surface area contributed by atoms with Gasteiger partial charge in [0.25, 0.3) is 5.91 Å². The second-order valence-electron chi connectivity index (χ2n) is 5.61. The number of hydrogen-bond acceptors (Lipinski definition) is 5. The third-order valence-corrected chi connectivity index (χ3v) is 4.85. The molecule has 5 nitrogen and oxygen atoms in total. The number of carboxylic acids is 1. The van der Waals surface area contributed by atoms with Gasteiger partial charge < -0.3 is 19.6 Å². The van der Waals surface area contributed by atoms with E-state index in [4.69, 9.17) is 4.42 Å². The minimum Gasteiger partial charge on any atom is -0.545 e. The number of anilines is 1. The van der Waals surface area contributed by atoms with Crippen LogP contribution in [-0.4, -0.2) is 11.9 Å². The fourth-order valence-corrected chi connectivity index (χ4v) is 3.69. The van der Waals surface area contributed by atoms with Gasteiger partial charge in [0.2, 0.25) is 0 Å². The average Bonchev–Trinajstić information content (AvgIpc) is 3.26. The zero-order valence-electron chi connectivity index (χ0n) is 13.4. The van der Waals surface area contributed by atoms with Gasteiger partial charge in [-0.2, -0.15) is 0 Å². The molecule has 0 spiro atoms. The fourth-order valence-electron chi connectivity index (χ4n) is 2.74. The second kappa shape index (κ2) is 6.50. The molecule has 0 aliphatic carbocycles. The average molecular weight is 362 g/mol. The zero-order valence-corrected chi connectivity index (χ0v) is 14.2. The lowest BCUT2D eigenvalue weighted by molar-refractivity contribution is -0.254. The lowest BCUT2D eigenvalue weighted by Crippen LogP contribution is -2.24. The van der Waals surface area contributed by atoms with Crippen LogP contribution in [0.4, 0.5) is 5.00 Å². The van der Waals surface area contributed by atoms with Gasteiger partial charge >= 0.3 is 0 Å². The number of nitrogens with one attached hydrogen (secondary N) is 1. The Morgan fingerprint density at radius 2 is 1.73 bits per heavy atom. The number of rotatable bonds is 4. The monoisotopic (exact) mass is 362 g/mol. The summed E-state index contributed by atoms with van der Waals surface area (Å²) < 4.78 is 5.52. The van der Waals surface area contributed by atoms with Crippen LogP contribution in [0.15, 0.2) is 70.5 Å². The van der Waals surface area contributed by atoms with Crippen molar-refractivity contribution in [2.24, 2.45) is 0 Å². The van der Waals surface area contributed by atoms with E-state index in [-0.39, 0.29) is 16.3 Å². The summed E-state index contributed by atoms with van der Waals surface area (Å²) in [5, 5.41) is 17.0. The molecule has 4 rings (SSSR count). The largest absolute Gasteiger partial charge is 0.545 e. The summed E-state index contributed by atoms with van der Waals surface area (Å²) in [6.07, 6.45) is 0. The SMILES string of the molecule is O=C(Nc1scc(-c2ccccc2)c1C(=O)[O-])c1cc2ccccc2o1. The number of furan rings is 1. The summed E-state index contributed by atoms with van der Waals surface area (Å²) in [7, 11) is 0. The van der Waals surface area contributed by atoms with Crippen molar-refractivity contribution in [1.82, 2.24) is 0 Å². The maximum absolute atomic E-state index is 12.5. The Labute approximate surface area is 152 Å². The van der Waals surface area contributed by atoms with E-state index in [2.05, 4.69) is 5.32 Å². The number of amides is 1. The number of aromatic carboxylic acids is 1. The van der Waals surface area contributed by atoms with Crippen molar-refractivity contribution in [2.45, 2.75) is 0 Å². The van der Waals surface area contributed by atoms with Crippen LogP contribution in [0.2, 0.25) is 0 Å². The summed E-state index contributed by atoms with van der Waals surface area (Å²) in [4.78, 5) is 24.1. The molecule has 128 valence electrons. The first kappa shape index (κ1) is 16.1. The smallest absolute Gasteiger partial charge is 0.292 e. The van der Waals surface area contributed by atoms with Crippen molar-refractivity contribution < 1.29 is 19.1 Å². The first-order valence-corrected chi connectivity index (χ1v) is 8.69. The predicted octanol–water partition coefficient (Wildman–Crippen LogP) is 3.78. The molecule has 26 heavy (non-hydrogen) atoms. The number of fused-ring (bicyclic) bond motifs is 1. The molecule has 0 radical (unpaired) electrons. The molecule has 2 aromatic carbocycles. The van der Waals surface area contributed by atoms with Crippen LogP contribution < -0.4 is 10.4 Å². The first-order chi connectivity index (χ1) is 12.6. The standard InChI is InChI=1S/C20H13NO4S/c22-18(16-10-13-8-4-5-9-15(13)25-16)21-19-17(20(23)24)14(11-26-19)12-6-2-1-3-7-12/h1-11H,(H,21,22)(H,23,24)/p-1. The number of carbonyl (C=O) groups excluding carboxylic acids is 2. The summed E-state index contributed by atoms with van der Waals surface area (Å²) in [6, 6.07) is 18.0. The Bertz CT molecular complexity index is 1080. The van der Waals surface area contributed by atoms with Gasteiger partial charge in [0.05, 0.1) is 5.97 Å². The molecule has 0 fully saturated rings. The predicted molar refractivity (Wildman–Crippen MR) is 98.3 cm³/mol. The van der Waals surface area contributed by atoms with Gasteiger partial charge in [0, 0.05) is 21.9 Å². The number of carbonyl (C=O) groups is 2. The van der Waals surface area contributed by atoms with E-state index in [9.17, 15) is 14.7 Å². The van der Waals surface area contributed by atoms with E-state index < -0.39 is 11.9 Å². The summed E-state index contributed by atoms with van der Waals surface area (Å²) in [6.45, 7) is 0. The van der Waals surface area contributed by atoms with Crippen LogP contribution in [0.3, 0.4) is 0 Å². The quantitative estimate of drug-likeness (QED) is 0.599. The topological polar surface area (TPSA) is 82.4 Å². The van der Waals surface area contributed by atoms with Gasteiger partial charge in [-0.25, -0.2) is 0 Å². The van der Waals surface area contributed by atoms with Crippen molar-refractivity contribution in [3.63, 3.8) is 0 Å². The molecule has 1 N–H and O–H groups in total. The third kappa shape index (κ3) is 2.87. The van der Waals surface area contributed by atoms with Gasteiger partial charge in [0.1, 0.15) is 10.6 Å². The number of thiophene rings is 1. The molecule has 2 heterocycles. The highest BCUT2D eigenvalue weighted by Gasteiger charge is 2.19. The molecule has 0 bridgehead atoms. The van der Waals surface area contributed by atoms with Crippen LogP contribution in [0.25, 0.3) is 22.1 Å². The van der Waals surface area contributed by atoms with Crippen LogP contribution in [0.5, 0.6) is 0 Å². The number of carboxylic acid groups (broad SMARTS) is 1. The fraction of sp³-hybridized carbons (Fsp3) is 0. The second-order valence-corrected chi connectivity index (χ2v) is 6.49. The van der Waals surface area contributed by atoms with Gasteiger partial charge in [-0.05, 0) is 17.7 Å². The maximum Gasteiger partial charge on any atom is 0.292 e. The Morgan fingerprint density at radius 1 is 1.00 bits per heavy atom. The molecule has 0 atom stereocenters. The molecule has 0 saturated heterocycles. The van der Waals surface area contributed by atoms with Gasteiger partial charge in [-0.1, -0.05) is 48.5 Å². The molecular weight excluding hydrogens is 350 g/mol. The molecule has 0 aliphatic rings. The molecule has 1 amide bonds. The summed E-state index contributed by atoms with van der Waals surface area (Å²) in [5.41, 5.74) is 1.81. The number of hydrogen-bond donors (Lipinski definition) is 1. The van der Waals surface area contributed by atoms with Crippen molar-refractivity contribution in [1.29, 1.82) is 0 Å². The van der Waals surface area contributed by atoms with E-state index in [1.165, 1.54) is 0 Å². The van der Waals surface area contributed by atoms with E-state index in [0.717, 1.165) is 22.3 Å². The summed E-state index contributed by atoms with van der Waals surface area (Å²) >= 11 is 1.13. The van der Waals surface area contributed by atoms with Crippen molar-refractivity contribution in [3.8, 4) is 11.1 Å². The lowest BCUT2D eigenvalue weighted by Gasteiger charge is -2.09. The van der Waals surface area contributed by atoms with E-state index in [1.807, 2.05) is 36.4 Å². The highest BCUT2D eigenvalue weighted by atomic mass is 32.1. The van der Waals surface area contributed by atoms with Crippen LogP contribution >= 0.6 is 11.3 Å². The van der Waals surface area contributed by atoms with E-state index in [1.54, 1.807) is 29.6 Å². The normalized spacial score (nSPS) is 10.8. The van der Waals surface area contributed by atoms with Crippen molar-refractivity contribution in [2.75, 3.05) is 5.32 Å². The minimum atomic E-state index is -1.34. The Kier molecular flexibility index (Phi) is 4.02. The first-order valence-electron chi connectivity index (χ1n) is 7.81. The molecular formula is C20H12NO4S-. The number of para-hydroxylation sites is 1. The Hall–Kier alpha value is -3.38. The molecule has 0 aliphatic heterocycles. The van der Waals surface area contributed by atoms with Gasteiger partial charge in [-0.15, -0.1) is 11.3 Å². The molecule has 4 aromatic rings. The van der Waals surface area contributed by atoms with Crippen molar-refractivity contribution in [3.05, 3.63) is 77.4 Å². The van der Waals surface area contributed by atoms with E-state index >= 15 is 0 Å². The molecule has 6 heteroatoms. The maximum atomic E-state index is 12.5. The molecule has 2 aromatic heterocycles. The minimum absolute atomic E-state index is 0.0364. The Balaban J connectivity index is 1.68. The van der Waals surface area contributed by atoms with Crippen molar-refractivity contribution >= 4 is 39.2 Å². The summed E-state index contributed by atoms with van der Waals surface area (Å²) in [5.74, 6) is -1.74. The number of benzene rings is 2. The highest BCUT2D eigenvalue weighted by Crippen LogP contribution is 2.35. The lowest BCUT2D eigenvalue weighted by atomic mass is 10.0. The zero-order chi connectivity index (χ0) is 18.1. The van der Waals surface area contributed by atoms with Crippen LogP contribution in [0.1, 0.15) is 20.9 Å². The Morgan fingerprint density at radius 3 is 2.46 bits per heavy atom. The van der Waals surface area contributed by atoms with E-state index in [0.29, 0.717) is 11.1 Å². The molecule has 0 unspecified atom stereocenters. The third-order valence-electron chi connectivity index (χ3n) is 3.96. The van der Waals surface area contributed by atoms with Gasteiger partial charge in [0.15, 0.2) is 5.76 Å². The van der Waals surface area contributed by atoms with Crippen LogP contribution in [0, 0.1) is 0 Å².